The van der Waals surface area contributed by atoms with E-state index in [1.165, 1.54) is 0 Å². The molecule has 0 aromatic heterocycles. The first-order valence-electron chi connectivity index (χ1n) is 0. The van der Waals surface area contributed by atoms with Gasteiger partial charge in [0.15, 0.2) is 0 Å². The van der Waals surface area contributed by atoms with Crippen molar-refractivity contribution >= 4 is 0 Å². The molecule has 0 amide bonds. The summed E-state index contributed by atoms with van der Waals surface area (Å²) in [6.45, 7) is 0. The predicted octanol–water partition coefficient (Wildman–Crippen LogP) is -1.25. The van der Waals surface area contributed by atoms with E-state index in [2.05, 4.69) is 0 Å². The fourth-order valence-corrected chi connectivity index (χ4v) is 0. The van der Waals surface area contributed by atoms with E-state index in [1.54, 1.807) is 0 Å². The summed E-state index contributed by atoms with van der Waals surface area (Å²) in [5, 5.41) is 0. The van der Waals surface area contributed by atoms with E-state index >= 15 is 0 Å². The first kappa shape index (κ1) is 683. The van der Waals surface area contributed by atoms with E-state index in [4.69, 9.17) is 0 Å². The van der Waals surface area contributed by atoms with Gasteiger partial charge >= 0.3 is 52.5 Å². The molecule has 0 fully saturated rings. The van der Waals surface area contributed by atoms with Crippen molar-refractivity contribution < 1.29 is 90.8 Å². The number of rotatable bonds is 0. The molecule has 0 bridgehead atoms. The molecule has 0 aromatic rings. The van der Waals surface area contributed by atoms with Gasteiger partial charge in [-0.1, -0.05) is 0 Å². The predicted molar refractivity (Wildman–Crippen MR) is 13.6 cm³/mol. The van der Waals surface area contributed by atoms with Gasteiger partial charge in [0.1, 0.15) is 0 Å². The molecule has 0 radical (unpaired) electrons. The molecule has 0 aliphatic heterocycles. The molecule has 0 spiro atoms. The smallest absolute Gasteiger partial charge is 0.870 e. The van der Waals surface area contributed by atoms with Crippen LogP contribution in [0.2, 0.25) is 0 Å². The minimum Gasteiger partial charge on any atom is -0.870 e. The van der Waals surface area contributed by atoms with E-state index in [0.717, 1.165) is 0 Å². The second-order valence-corrected chi connectivity index (χ2v) is 0. The summed E-state index contributed by atoms with van der Waals surface area (Å²) >= 11 is 0. The average molecular weight is 339 g/mol. The Labute approximate surface area is 90.7 Å². The minimum atomic E-state index is 0. The third kappa shape index (κ3) is 366. The van der Waals surface area contributed by atoms with E-state index < -0.39 is 0 Å². The molecule has 78 valence electrons. The average Bonchev–Trinajstić information content (AvgIpc) is 0. The summed E-state index contributed by atoms with van der Waals surface area (Å²) < 4.78 is 0. The van der Waals surface area contributed by atoms with Crippen molar-refractivity contribution in [3.05, 3.63) is 0 Å². The topological polar surface area (TPSA) is 210 Å². The molecule has 0 aliphatic rings. The first-order chi connectivity index (χ1) is 0. The van der Waals surface area contributed by atoms with Gasteiger partial charge in [0.05, 0.1) is 0 Å². The van der Waals surface area contributed by atoms with E-state index in [0.29, 0.717) is 0 Å². The Morgan fingerprint density at radius 3 is 0.300 bits per heavy atom. The van der Waals surface area contributed by atoms with Gasteiger partial charge in [-0.15, -0.1) is 0 Å². The fraction of sp³-hybridized carbons (Fsp3) is 0. The Bertz CT molecular complexity index is 11.6. The van der Waals surface area contributed by atoms with Gasteiger partial charge in [0.2, 0.25) is 0 Å². The summed E-state index contributed by atoms with van der Waals surface area (Å²) in [7, 11) is 0. The van der Waals surface area contributed by atoms with Crippen molar-refractivity contribution in [2.75, 3.05) is 0 Å². The van der Waals surface area contributed by atoms with Crippen LogP contribution in [0, 0.1) is 0 Å². The second-order valence-electron chi connectivity index (χ2n) is 0. The third-order valence-corrected chi connectivity index (χ3v) is 0. The Morgan fingerprint density at radius 1 is 0.300 bits per heavy atom. The molecule has 0 aliphatic carbocycles. The van der Waals surface area contributed by atoms with Crippen molar-refractivity contribution in [3.8, 4) is 0 Å². The minimum absolute atomic E-state index is 0. The van der Waals surface area contributed by atoms with Crippen molar-refractivity contribution in [1.82, 2.24) is 0 Å². The van der Waals surface area contributed by atoms with Crippen LogP contribution in [0.25, 0.3) is 0 Å². The molecule has 10 heteroatoms. The van der Waals surface area contributed by atoms with Crippen LogP contribution in [0.15, 0.2) is 0 Å². The van der Waals surface area contributed by atoms with Crippen molar-refractivity contribution in [3.63, 3.8) is 0 Å². The molecule has 0 atom stereocenters. The molecule has 0 saturated carbocycles. The zero-order chi connectivity index (χ0) is 0. The van der Waals surface area contributed by atoms with E-state index in [1.807, 2.05) is 0 Å². The Hall–Kier alpha value is 1.33. The van der Waals surface area contributed by atoms with Gasteiger partial charge in [0, 0.05) is 0 Å². The zero-order valence-electron chi connectivity index (χ0n) is 4.10. The van der Waals surface area contributed by atoms with Crippen molar-refractivity contribution in [1.29, 1.82) is 0 Å². The fourth-order valence-electron chi connectivity index (χ4n) is 0. The Balaban J connectivity index is 0. The van der Waals surface area contributed by atoms with E-state index in [-0.39, 0.29) is 90.8 Å². The zero-order valence-corrected chi connectivity index (χ0v) is 7.71. The maximum atomic E-state index is 0. The van der Waals surface area contributed by atoms with Gasteiger partial charge in [-0.2, -0.15) is 0 Å². The van der Waals surface area contributed by atoms with Crippen LogP contribution in [0.3, 0.4) is 0 Å². The van der Waals surface area contributed by atoms with Crippen LogP contribution in [-0.4, -0.2) is 38.3 Å². The quantitative estimate of drug-likeness (QED) is 0.489. The van der Waals surface area contributed by atoms with Crippen LogP contribution < -0.4 is 0 Å². The molecular weight excluding hydrogens is 332 g/mol. The molecule has 0 rings (SSSR count). The maximum absolute atomic E-state index is 0. The maximum Gasteiger partial charge on any atom is 3.00 e. The molecule has 7 N–H and O–H groups in total. The molecule has 10 heavy (non-hydrogen) atoms. The standard InChI is InChI=1S/2Ni.7H2O.Rh/h;;7*1H2;/q2*+2;;;;;;;;+3/p-7. The first-order valence-corrected chi connectivity index (χ1v) is 0. The van der Waals surface area contributed by atoms with Crippen LogP contribution in [-0.2, 0) is 52.5 Å². The van der Waals surface area contributed by atoms with Crippen molar-refractivity contribution in [2.45, 2.75) is 0 Å². The molecule has 0 heterocycles. The summed E-state index contributed by atoms with van der Waals surface area (Å²) in [5.41, 5.74) is 0. The molecular formula is H7Ni2O7Rh. The molecule has 0 unspecified atom stereocenters. The summed E-state index contributed by atoms with van der Waals surface area (Å²) in [6.07, 6.45) is 0. The second kappa shape index (κ2) is 508. The number of hydrogen-bond acceptors (Lipinski definition) is 7. The number of hydrogen-bond donors (Lipinski definition) is 0. The monoisotopic (exact) mass is 338 g/mol. The largest absolute Gasteiger partial charge is 3.00 e. The van der Waals surface area contributed by atoms with Gasteiger partial charge in [0.25, 0.3) is 0 Å². The normalized spacial score (nSPS) is 0. The van der Waals surface area contributed by atoms with Crippen LogP contribution in [0.4, 0.5) is 0 Å². The summed E-state index contributed by atoms with van der Waals surface area (Å²) in [5.74, 6) is 0. The Kier molecular flexibility index (Phi) is 34700. The van der Waals surface area contributed by atoms with E-state index in [9.17, 15) is 0 Å². The van der Waals surface area contributed by atoms with Gasteiger partial charge < -0.3 is 38.3 Å². The van der Waals surface area contributed by atoms with Crippen LogP contribution >= 0.6 is 0 Å². The molecule has 0 aromatic carbocycles. The summed E-state index contributed by atoms with van der Waals surface area (Å²) in [4.78, 5) is 0. The molecule has 0 saturated heterocycles. The van der Waals surface area contributed by atoms with Gasteiger partial charge in [-0.05, 0) is 0 Å². The summed E-state index contributed by atoms with van der Waals surface area (Å²) in [6, 6.07) is 0. The molecule has 7 nitrogen and oxygen atoms in total. The van der Waals surface area contributed by atoms with Crippen LogP contribution in [0.1, 0.15) is 0 Å². The van der Waals surface area contributed by atoms with Gasteiger partial charge in [-0.3, -0.25) is 0 Å². The van der Waals surface area contributed by atoms with Gasteiger partial charge in [-0.25, -0.2) is 0 Å². The van der Waals surface area contributed by atoms with Crippen LogP contribution in [0.5, 0.6) is 0 Å². The SMILES string of the molecule is [Ni+2].[Ni+2].[OH-].[OH-].[OH-].[OH-].[OH-].[OH-].[OH-].[Rh+3]. The van der Waals surface area contributed by atoms with Crippen molar-refractivity contribution in [2.24, 2.45) is 0 Å². The third-order valence-electron chi connectivity index (χ3n) is 0. The Morgan fingerprint density at radius 2 is 0.300 bits per heavy atom.